The summed E-state index contributed by atoms with van der Waals surface area (Å²) in [5, 5.41) is 4.83. The van der Waals surface area contributed by atoms with Crippen LogP contribution in [0.15, 0.2) is 28.7 Å². The highest BCUT2D eigenvalue weighted by Crippen LogP contribution is 2.36. The number of thiazole rings is 1. The first kappa shape index (κ1) is 22.5. The van der Waals surface area contributed by atoms with Crippen LogP contribution in [0.2, 0.25) is 0 Å². The zero-order chi connectivity index (χ0) is 22.2. The summed E-state index contributed by atoms with van der Waals surface area (Å²) in [7, 11) is 1.28. The lowest BCUT2D eigenvalue weighted by Gasteiger charge is -2.08. The zero-order valence-corrected chi connectivity index (χ0v) is 19.1. The number of aromatic nitrogens is 3. The van der Waals surface area contributed by atoms with Crippen molar-refractivity contribution in [2.45, 2.75) is 33.4 Å². The minimum Gasteiger partial charge on any atom is -0.464 e. The van der Waals surface area contributed by atoms with Crippen LogP contribution >= 0.6 is 27.3 Å². The molecular formula is C20H19BrF3N3O2S. The Morgan fingerprint density at radius 1 is 1.27 bits per heavy atom. The Bertz CT molecular complexity index is 1070. The van der Waals surface area contributed by atoms with Gasteiger partial charge in [-0.2, -0.15) is 23.0 Å². The molecule has 0 amide bonds. The maximum Gasteiger partial charge on any atom is 0.416 e. The van der Waals surface area contributed by atoms with Gasteiger partial charge in [0.05, 0.1) is 28.5 Å². The van der Waals surface area contributed by atoms with Gasteiger partial charge in [0.1, 0.15) is 0 Å². The van der Waals surface area contributed by atoms with Gasteiger partial charge in [-0.3, -0.25) is 0 Å². The van der Waals surface area contributed by atoms with E-state index in [1.165, 1.54) is 35.3 Å². The van der Waals surface area contributed by atoms with E-state index in [4.69, 9.17) is 4.74 Å². The number of hydrogen-bond donors (Lipinski definition) is 0. The van der Waals surface area contributed by atoms with Crippen LogP contribution in [-0.4, -0.2) is 27.8 Å². The Labute approximate surface area is 184 Å². The predicted molar refractivity (Wildman–Crippen MR) is 112 cm³/mol. The quantitative estimate of drug-likeness (QED) is 0.398. The molecule has 0 radical (unpaired) electrons. The number of hydrogen-bond acceptors (Lipinski definition) is 5. The van der Waals surface area contributed by atoms with Gasteiger partial charge in [0.25, 0.3) is 0 Å². The number of rotatable bonds is 5. The van der Waals surface area contributed by atoms with E-state index in [0.717, 1.165) is 17.0 Å². The number of alkyl halides is 3. The van der Waals surface area contributed by atoms with E-state index in [-0.39, 0.29) is 5.69 Å². The second kappa shape index (κ2) is 8.50. The molecule has 0 saturated heterocycles. The Morgan fingerprint density at radius 2 is 1.90 bits per heavy atom. The third-order valence-corrected chi connectivity index (χ3v) is 6.32. The molecule has 2 heterocycles. The lowest BCUT2D eigenvalue weighted by molar-refractivity contribution is -0.137. The number of esters is 1. The minimum atomic E-state index is -4.40. The summed E-state index contributed by atoms with van der Waals surface area (Å²) in [5.74, 6) is -0.267. The van der Waals surface area contributed by atoms with Gasteiger partial charge in [-0.1, -0.05) is 37.3 Å². The van der Waals surface area contributed by atoms with Gasteiger partial charge in [-0.15, -0.1) is 0 Å². The molecule has 2 aromatic heterocycles. The molecule has 0 aliphatic heterocycles. The Morgan fingerprint density at radius 3 is 2.43 bits per heavy atom. The summed E-state index contributed by atoms with van der Waals surface area (Å²) in [5.41, 5.74) is 1.24. The Balaban J connectivity index is 2.14. The van der Waals surface area contributed by atoms with E-state index >= 15 is 0 Å². The normalized spacial score (nSPS) is 11.9. The Hall–Kier alpha value is -2.20. The maximum absolute atomic E-state index is 12.9. The van der Waals surface area contributed by atoms with E-state index in [2.05, 4.69) is 26.0 Å². The molecule has 3 aromatic rings. The van der Waals surface area contributed by atoms with Crippen LogP contribution < -0.4 is 0 Å². The topological polar surface area (TPSA) is 57.0 Å². The summed E-state index contributed by atoms with van der Waals surface area (Å²) in [6, 6.07) is 4.91. The SMILES string of the molecule is COC(=O)c1c(Br)c(C)nn1-c1nc(-c2ccc(C(F)(F)F)cc2)c(CC(C)C)s1. The first-order valence-electron chi connectivity index (χ1n) is 9.04. The molecule has 10 heteroatoms. The fourth-order valence-corrected chi connectivity index (χ4v) is 4.56. The molecule has 0 fully saturated rings. The van der Waals surface area contributed by atoms with Crippen LogP contribution in [0.4, 0.5) is 13.2 Å². The molecule has 1 aromatic carbocycles. The summed E-state index contributed by atoms with van der Waals surface area (Å²) in [6.45, 7) is 5.83. The standard InChI is InChI=1S/C20H19BrF3N3O2S/c1-10(2)9-14-16(12-5-7-13(8-6-12)20(22,23)24)25-19(30-14)27-17(18(28)29-4)15(21)11(3)26-27/h5-8,10H,9H2,1-4H3. The number of ether oxygens (including phenoxy) is 1. The fourth-order valence-electron chi connectivity index (χ4n) is 2.90. The lowest BCUT2D eigenvalue weighted by atomic mass is 10.0. The van der Waals surface area contributed by atoms with E-state index < -0.39 is 17.7 Å². The number of nitrogens with zero attached hydrogens (tertiary/aromatic N) is 3. The average Bonchev–Trinajstić information content (AvgIpc) is 3.21. The molecule has 0 saturated carbocycles. The van der Waals surface area contributed by atoms with Gasteiger partial charge in [0.15, 0.2) is 5.69 Å². The molecule has 3 rings (SSSR count). The lowest BCUT2D eigenvalue weighted by Crippen LogP contribution is -2.10. The summed E-state index contributed by atoms with van der Waals surface area (Å²) < 4.78 is 45.5. The zero-order valence-electron chi connectivity index (χ0n) is 16.7. The van der Waals surface area contributed by atoms with Crippen LogP contribution in [0.3, 0.4) is 0 Å². The molecule has 0 N–H and O–H groups in total. The van der Waals surface area contributed by atoms with Gasteiger partial charge in [0, 0.05) is 10.4 Å². The van der Waals surface area contributed by atoms with Gasteiger partial charge in [0.2, 0.25) is 5.13 Å². The van der Waals surface area contributed by atoms with Crippen molar-refractivity contribution >= 4 is 33.2 Å². The van der Waals surface area contributed by atoms with Gasteiger partial charge < -0.3 is 4.74 Å². The molecule has 0 spiro atoms. The second-order valence-corrected chi connectivity index (χ2v) is 8.95. The van der Waals surface area contributed by atoms with Crippen molar-refractivity contribution in [3.63, 3.8) is 0 Å². The Kier molecular flexibility index (Phi) is 6.37. The van der Waals surface area contributed by atoms with Crippen molar-refractivity contribution in [2.24, 2.45) is 5.92 Å². The summed E-state index contributed by atoms with van der Waals surface area (Å²) in [4.78, 5) is 17.8. The third-order valence-electron chi connectivity index (χ3n) is 4.31. The van der Waals surface area contributed by atoms with Crippen molar-refractivity contribution in [3.8, 4) is 16.4 Å². The minimum absolute atomic E-state index is 0.207. The average molecular weight is 502 g/mol. The molecule has 0 aliphatic carbocycles. The highest BCUT2D eigenvalue weighted by molar-refractivity contribution is 9.10. The number of halogens is 4. The van der Waals surface area contributed by atoms with Crippen molar-refractivity contribution in [3.05, 3.63) is 50.6 Å². The number of methoxy groups -OCH3 is 1. The highest BCUT2D eigenvalue weighted by Gasteiger charge is 2.30. The first-order chi connectivity index (χ1) is 14.0. The van der Waals surface area contributed by atoms with Gasteiger partial charge >= 0.3 is 12.1 Å². The molecule has 5 nitrogen and oxygen atoms in total. The smallest absolute Gasteiger partial charge is 0.416 e. The van der Waals surface area contributed by atoms with Crippen LogP contribution in [0.25, 0.3) is 16.4 Å². The van der Waals surface area contributed by atoms with Crippen molar-refractivity contribution in [1.29, 1.82) is 0 Å². The molecule has 160 valence electrons. The predicted octanol–water partition coefficient (Wildman–Crippen LogP) is 6.07. The van der Waals surface area contributed by atoms with E-state index in [1.54, 1.807) is 6.92 Å². The third kappa shape index (κ3) is 4.44. The van der Waals surface area contributed by atoms with Crippen LogP contribution in [-0.2, 0) is 17.3 Å². The van der Waals surface area contributed by atoms with E-state index in [1.807, 2.05) is 13.8 Å². The molecule has 0 bridgehead atoms. The first-order valence-corrected chi connectivity index (χ1v) is 10.6. The number of carbonyl (C=O) groups is 1. The number of aryl methyl sites for hydroxylation is 1. The van der Waals surface area contributed by atoms with Crippen molar-refractivity contribution in [2.75, 3.05) is 7.11 Å². The summed E-state index contributed by atoms with van der Waals surface area (Å²) >= 11 is 4.71. The van der Waals surface area contributed by atoms with Crippen LogP contribution in [0, 0.1) is 12.8 Å². The molecule has 30 heavy (non-hydrogen) atoms. The van der Waals surface area contributed by atoms with E-state index in [9.17, 15) is 18.0 Å². The van der Waals surface area contributed by atoms with Gasteiger partial charge in [-0.05, 0) is 47.3 Å². The number of benzene rings is 1. The molecule has 0 atom stereocenters. The van der Waals surface area contributed by atoms with Crippen molar-refractivity contribution in [1.82, 2.24) is 14.8 Å². The molecule has 0 aliphatic rings. The van der Waals surface area contributed by atoms with Gasteiger partial charge in [-0.25, -0.2) is 9.78 Å². The second-order valence-electron chi connectivity index (χ2n) is 7.09. The summed E-state index contributed by atoms with van der Waals surface area (Å²) in [6.07, 6.45) is -3.72. The van der Waals surface area contributed by atoms with Crippen LogP contribution in [0.5, 0.6) is 0 Å². The van der Waals surface area contributed by atoms with E-state index in [0.29, 0.717) is 38.9 Å². The van der Waals surface area contributed by atoms with Crippen molar-refractivity contribution < 1.29 is 22.7 Å². The largest absolute Gasteiger partial charge is 0.464 e. The number of carbonyl (C=O) groups excluding carboxylic acids is 1. The molecule has 0 unspecified atom stereocenters. The monoisotopic (exact) mass is 501 g/mol. The fraction of sp³-hybridized carbons (Fsp3) is 0.350. The molecular weight excluding hydrogens is 483 g/mol. The highest BCUT2D eigenvalue weighted by atomic mass is 79.9. The van der Waals surface area contributed by atoms with Crippen LogP contribution in [0.1, 0.15) is 40.5 Å². The maximum atomic E-state index is 12.9.